The molecule has 106 valence electrons. The zero-order valence-electron chi connectivity index (χ0n) is 10.2. The first-order valence-electron chi connectivity index (χ1n) is 5.64. The molecule has 1 rings (SSSR count). The van der Waals surface area contributed by atoms with E-state index in [0.717, 1.165) is 6.07 Å². The number of carbonyl (C=O) groups excluding carboxylic acids is 1. The normalized spacial score (nSPS) is 13.3. The lowest BCUT2D eigenvalue weighted by Gasteiger charge is -2.18. The van der Waals surface area contributed by atoms with Crippen molar-refractivity contribution >= 4 is 5.91 Å². The molecule has 19 heavy (non-hydrogen) atoms. The van der Waals surface area contributed by atoms with Crippen molar-refractivity contribution in [3.05, 3.63) is 35.1 Å². The van der Waals surface area contributed by atoms with Crippen molar-refractivity contribution in [3.8, 4) is 0 Å². The fraction of sp³-hybridized carbons (Fsp3) is 0.417. The number of nitrogens with one attached hydrogen (secondary N) is 1. The molecular weight excluding hydrogens is 264 g/mol. The van der Waals surface area contributed by atoms with E-state index in [9.17, 15) is 22.4 Å². The number of amides is 1. The van der Waals surface area contributed by atoms with Crippen molar-refractivity contribution in [2.75, 3.05) is 6.54 Å². The lowest BCUT2D eigenvalue weighted by molar-refractivity contribution is -0.140. The van der Waals surface area contributed by atoms with Crippen molar-refractivity contribution in [2.45, 2.75) is 25.6 Å². The molecule has 0 saturated heterocycles. The number of carbonyl (C=O) groups is 1. The van der Waals surface area contributed by atoms with Crippen LogP contribution < -0.4 is 11.1 Å². The van der Waals surface area contributed by atoms with Crippen LogP contribution in [0.25, 0.3) is 0 Å². The number of alkyl halides is 3. The van der Waals surface area contributed by atoms with Gasteiger partial charge in [-0.3, -0.25) is 4.79 Å². The molecule has 1 atom stereocenters. The Bertz CT molecular complexity index is 460. The highest BCUT2D eigenvalue weighted by Gasteiger charge is 2.34. The average Bonchev–Trinajstić information content (AvgIpc) is 2.27. The summed E-state index contributed by atoms with van der Waals surface area (Å²) in [6, 6.07) is 1.99. The molecule has 1 unspecified atom stereocenters. The summed E-state index contributed by atoms with van der Waals surface area (Å²) in [5, 5.41) is 2.84. The second-order valence-corrected chi connectivity index (χ2v) is 4.02. The molecule has 1 aromatic rings. The van der Waals surface area contributed by atoms with Crippen LogP contribution in [0.3, 0.4) is 0 Å². The molecule has 0 fully saturated rings. The highest BCUT2D eigenvalue weighted by molar-refractivity contribution is 5.74. The molecule has 0 radical (unpaired) electrons. The van der Waals surface area contributed by atoms with Crippen LogP contribution >= 0.6 is 0 Å². The van der Waals surface area contributed by atoms with Gasteiger partial charge in [0.2, 0.25) is 5.91 Å². The van der Waals surface area contributed by atoms with Crippen LogP contribution in [0, 0.1) is 5.82 Å². The molecule has 3 nitrogen and oxygen atoms in total. The topological polar surface area (TPSA) is 55.1 Å². The van der Waals surface area contributed by atoms with Gasteiger partial charge in [0, 0.05) is 12.5 Å². The molecule has 1 amide bonds. The number of halogens is 4. The van der Waals surface area contributed by atoms with E-state index in [2.05, 4.69) is 5.32 Å². The second kappa shape index (κ2) is 6.01. The molecule has 7 heteroatoms. The van der Waals surface area contributed by atoms with E-state index < -0.39 is 29.5 Å². The van der Waals surface area contributed by atoms with E-state index in [-0.39, 0.29) is 12.0 Å². The van der Waals surface area contributed by atoms with E-state index in [4.69, 9.17) is 5.73 Å². The minimum Gasteiger partial charge on any atom is -0.370 e. The molecule has 0 aliphatic rings. The molecule has 0 bridgehead atoms. The first kappa shape index (κ1) is 15.4. The Labute approximate surface area is 107 Å². The lowest BCUT2D eigenvalue weighted by atomic mass is 10.0. The van der Waals surface area contributed by atoms with Gasteiger partial charge in [-0.1, -0.05) is 13.0 Å². The largest absolute Gasteiger partial charge is 0.419 e. The molecule has 0 aliphatic heterocycles. The van der Waals surface area contributed by atoms with Crippen molar-refractivity contribution < 1.29 is 22.4 Å². The minimum absolute atomic E-state index is 0.156. The first-order chi connectivity index (χ1) is 8.75. The van der Waals surface area contributed by atoms with Crippen LogP contribution in [0.1, 0.15) is 30.5 Å². The summed E-state index contributed by atoms with van der Waals surface area (Å²) < 4.78 is 50.9. The highest BCUT2D eigenvalue weighted by Crippen LogP contribution is 2.33. The summed E-state index contributed by atoms with van der Waals surface area (Å²) in [4.78, 5) is 10.9. The molecule has 0 spiro atoms. The minimum atomic E-state index is -4.77. The molecular formula is C12H14F4N2O. The summed E-state index contributed by atoms with van der Waals surface area (Å²) >= 11 is 0. The predicted octanol–water partition coefficient (Wildman–Crippen LogP) is 2.37. The molecule has 0 aliphatic carbocycles. The number of hydrogen-bond donors (Lipinski definition) is 2. The summed E-state index contributed by atoms with van der Waals surface area (Å²) in [7, 11) is 0. The maximum absolute atomic E-state index is 13.1. The van der Waals surface area contributed by atoms with Crippen molar-refractivity contribution in [1.29, 1.82) is 0 Å². The first-order valence-corrected chi connectivity index (χ1v) is 5.64. The summed E-state index contributed by atoms with van der Waals surface area (Å²) in [6.07, 6.45) is -4.93. The van der Waals surface area contributed by atoms with E-state index in [1.54, 1.807) is 6.92 Å². The third-order valence-corrected chi connectivity index (χ3v) is 2.55. The summed E-state index contributed by atoms with van der Waals surface area (Å²) in [5.74, 6) is -1.99. The standard InChI is InChI=1S/C12H14F4N2O/c1-2-18-10(6-11(17)19)7-3-4-9(13)8(5-7)12(14,15)16/h3-5,10,18H,2,6H2,1H3,(H2,17,19). The van der Waals surface area contributed by atoms with Gasteiger partial charge in [-0.05, 0) is 24.2 Å². The summed E-state index contributed by atoms with van der Waals surface area (Å²) in [5.41, 5.74) is 3.87. The Balaban J connectivity index is 3.14. The van der Waals surface area contributed by atoms with Crippen LogP contribution in [0.2, 0.25) is 0 Å². The van der Waals surface area contributed by atoms with Crippen LogP contribution in [0.5, 0.6) is 0 Å². The Morgan fingerprint density at radius 1 is 1.42 bits per heavy atom. The zero-order chi connectivity index (χ0) is 14.6. The van der Waals surface area contributed by atoms with Crippen LogP contribution in [0.4, 0.5) is 17.6 Å². The Morgan fingerprint density at radius 2 is 2.05 bits per heavy atom. The van der Waals surface area contributed by atoms with Gasteiger partial charge in [-0.15, -0.1) is 0 Å². The van der Waals surface area contributed by atoms with Crippen LogP contribution in [0.15, 0.2) is 18.2 Å². The number of hydrogen-bond acceptors (Lipinski definition) is 2. The molecule has 1 aromatic carbocycles. The van der Waals surface area contributed by atoms with Gasteiger partial charge in [-0.25, -0.2) is 4.39 Å². The van der Waals surface area contributed by atoms with E-state index in [1.165, 1.54) is 6.07 Å². The monoisotopic (exact) mass is 278 g/mol. The SMILES string of the molecule is CCNC(CC(N)=O)c1ccc(F)c(C(F)(F)F)c1. The quantitative estimate of drug-likeness (QED) is 0.812. The fourth-order valence-electron chi connectivity index (χ4n) is 1.73. The van der Waals surface area contributed by atoms with E-state index >= 15 is 0 Å². The van der Waals surface area contributed by atoms with Gasteiger partial charge in [0.05, 0.1) is 5.56 Å². The third-order valence-electron chi connectivity index (χ3n) is 2.55. The Hall–Kier alpha value is -1.63. The maximum atomic E-state index is 13.1. The lowest BCUT2D eigenvalue weighted by Crippen LogP contribution is -2.27. The second-order valence-electron chi connectivity index (χ2n) is 4.02. The summed E-state index contributed by atoms with van der Waals surface area (Å²) in [6.45, 7) is 2.18. The number of benzene rings is 1. The maximum Gasteiger partial charge on any atom is 0.419 e. The van der Waals surface area contributed by atoms with Gasteiger partial charge in [0.15, 0.2) is 0 Å². The number of nitrogens with two attached hydrogens (primary N) is 1. The fourth-order valence-corrected chi connectivity index (χ4v) is 1.73. The van der Waals surface area contributed by atoms with Crippen molar-refractivity contribution in [1.82, 2.24) is 5.32 Å². The van der Waals surface area contributed by atoms with E-state index in [0.29, 0.717) is 12.6 Å². The third kappa shape index (κ3) is 4.20. The zero-order valence-corrected chi connectivity index (χ0v) is 10.2. The van der Waals surface area contributed by atoms with Gasteiger partial charge in [0.1, 0.15) is 5.82 Å². The predicted molar refractivity (Wildman–Crippen MR) is 61.6 cm³/mol. The van der Waals surface area contributed by atoms with Gasteiger partial charge in [-0.2, -0.15) is 13.2 Å². The van der Waals surface area contributed by atoms with Crippen LogP contribution in [-0.2, 0) is 11.0 Å². The molecule has 0 aromatic heterocycles. The van der Waals surface area contributed by atoms with E-state index in [1.807, 2.05) is 0 Å². The van der Waals surface area contributed by atoms with Crippen molar-refractivity contribution in [3.63, 3.8) is 0 Å². The molecule has 0 saturated carbocycles. The van der Waals surface area contributed by atoms with Gasteiger partial charge < -0.3 is 11.1 Å². The Kier molecular flexibility index (Phi) is 4.88. The molecule has 3 N–H and O–H groups in total. The molecule has 0 heterocycles. The Morgan fingerprint density at radius 3 is 2.53 bits per heavy atom. The van der Waals surface area contributed by atoms with Gasteiger partial charge >= 0.3 is 6.18 Å². The highest BCUT2D eigenvalue weighted by atomic mass is 19.4. The smallest absolute Gasteiger partial charge is 0.370 e. The van der Waals surface area contributed by atoms with Gasteiger partial charge in [0.25, 0.3) is 0 Å². The van der Waals surface area contributed by atoms with Crippen LogP contribution in [-0.4, -0.2) is 12.5 Å². The number of rotatable bonds is 5. The average molecular weight is 278 g/mol. The van der Waals surface area contributed by atoms with Crippen molar-refractivity contribution in [2.24, 2.45) is 5.73 Å². The number of primary amides is 1.